The molecule has 1 unspecified atom stereocenters. The first-order valence-electron chi connectivity index (χ1n) is 11.9. The number of fused-ring (bicyclic) bond motifs is 1. The molecule has 2 aromatic heterocycles. The maximum atomic E-state index is 13.5. The van der Waals surface area contributed by atoms with Crippen molar-refractivity contribution in [3.8, 4) is 0 Å². The van der Waals surface area contributed by atoms with Crippen molar-refractivity contribution in [1.29, 1.82) is 0 Å². The number of hydrogen-bond donors (Lipinski definition) is 2. The smallest absolute Gasteiger partial charge is 0.407 e. The minimum atomic E-state index is -0.537. The Morgan fingerprint density at radius 2 is 1.83 bits per heavy atom. The molecule has 1 aromatic carbocycles. The van der Waals surface area contributed by atoms with Gasteiger partial charge in [-0.15, -0.1) is 0 Å². The first kappa shape index (κ1) is 26.7. The summed E-state index contributed by atoms with van der Waals surface area (Å²) in [6.45, 7) is 10.7. The fourth-order valence-corrected chi connectivity index (χ4v) is 3.95. The Labute approximate surface area is 211 Å². The van der Waals surface area contributed by atoms with Crippen molar-refractivity contribution in [3.63, 3.8) is 0 Å². The van der Waals surface area contributed by atoms with E-state index in [-0.39, 0.29) is 28.3 Å². The number of nitrogens with one attached hydrogen (secondary N) is 2. The van der Waals surface area contributed by atoms with Crippen molar-refractivity contribution < 1.29 is 13.9 Å². The van der Waals surface area contributed by atoms with Gasteiger partial charge in [0.2, 0.25) is 5.71 Å². The zero-order chi connectivity index (χ0) is 25.6. The number of aromatic nitrogens is 1. The summed E-state index contributed by atoms with van der Waals surface area (Å²) in [5, 5.41) is 6.95. The summed E-state index contributed by atoms with van der Waals surface area (Å²) in [7, 11) is 0. The number of rotatable bonds is 9. The van der Waals surface area contributed by atoms with Crippen LogP contribution in [0.25, 0.3) is 11.1 Å². The van der Waals surface area contributed by atoms with E-state index in [1.807, 2.05) is 51.1 Å². The Morgan fingerprint density at radius 3 is 2.49 bits per heavy atom. The second-order valence-electron chi connectivity index (χ2n) is 9.88. The number of nitrogens with zero attached hydrogens (tertiary/aromatic N) is 1. The highest BCUT2D eigenvalue weighted by Crippen LogP contribution is 2.28. The van der Waals surface area contributed by atoms with Crippen LogP contribution in [0.4, 0.5) is 4.79 Å². The van der Waals surface area contributed by atoms with Gasteiger partial charge in [-0.1, -0.05) is 55.8 Å². The van der Waals surface area contributed by atoms with Gasteiger partial charge in [-0.05, 0) is 57.4 Å². The Hall–Kier alpha value is -2.90. The van der Waals surface area contributed by atoms with Crippen molar-refractivity contribution in [2.45, 2.75) is 59.1 Å². The molecule has 7 nitrogen and oxygen atoms in total. The zero-order valence-corrected chi connectivity index (χ0v) is 21.7. The molecule has 0 saturated heterocycles. The lowest BCUT2D eigenvalue weighted by molar-refractivity contribution is 0.0527. The lowest BCUT2D eigenvalue weighted by Crippen LogP contribution is -2.35. The van der Waals surface area contributed by atoms with Crippen LogP contribution in [0.3, 0.4) is 0 Å². The monoisotopic (exact) mass is 499 g/mol. The predicted octanol–water partition coefficient (Wildman–Crippen LogP) is 5.63. The highest BCUT2D eigenvalue weighted by Gasteiger charge is 2.25. The Morgan fingerprint density at radius 1 is 1.11 bits per heavy atom. The van der Waals surface area contributed by atoms with Crippen LogP contribution in [0.1, 0.15) is 64.0 Å². The van der Waals surface area contributed by atoms with Gasteiger partial charge in [0.05, 0.1) is 11.4 Å². The van der Waals surface area contributed by atoms with Gasteiger partial charge < -0.3 is 19.8 Å². The number of alkyl carbamates (subject to hydrolysis) is 1. The molecule has 0 aliphatic rings. The quantitative estimate of drug-likeness (QED) is 0.292. The molecule has 8 heteroatoms. The van der Waals surface area contributed by atoms with Crippen molar-refractivity contribution >= 4 is 28.8 Å². The molecule has 3 rings (SSSR count). The van der Waals surface area contributed by atoms with Crippen LogP contribution in [-0.4, -0.2) is 29.8 Å². The molecule has 2 heterocycles. The number of amides is 1. The molecule has 1 atom stereocenters. The first-order valence-corrected chi connectivity index (χ1v) is 12.3. The summed E-state index contributed by atoms with van der Waals surface area (Å²) in [4.78, 5) is 29.7. The third-order valence-corrected chi connectivity index (χ3v) is 5.62. The standard InChI is InChI=1S/C27H34ClN3O4/c1-17(2)22(29-14-9-15-30-26(33)35-27(3,4)5)24-20(16-18-10-7-6-8-11-18)23(32)19-12-13-21(28)31-25(19)34-24/h6-8,10-13,17,22,29H,9,14-16H2,1-5H3,(H,30,33). The number of pyridine rings is 1. The van der Waals surface area contributed by atoms with Crippen LogP contribution in [0, 0.1) is 5.92 Å². The van der Waals surface area contributed by atoms with Crippen LogP contribution >= 0.6 is 11.6 Å². The molecule has 0 spiro atoms. The Balaban J connectivity index is 1.84. The van der Waals surface area contributed by atoms with Gasteiger partial charge in [0.1, 0.15) is 16.5 Å². The van der Waals surface area contributed by atoms with Gasteiger partial charge >= 0.3 is 6.09 Å². The number of hydrogen-bond acceptors (Lipinski definition) is 6. The normalized spacial score (nSPS) is 12.7. The summed E-state index contributed by atoms with van der Waals surface area (Å²) in [6, 6.07) is 12.9. The summed E-state index contributed by atoms with van der Waals surface area (Å²) in [5.74, 6) is 0.694. The van der Waals surface area contributed by atoms with Crippen molar-refractivity contribution in [1.82, 2.24) is 15.6 Å². The van der Waals surface area contributed by atoms with Gasteiger partial charge in [0.15, 0.2) is 5.43 Å². The largest absolute Gasteiger partial charge is 0.444 e. The highest BCUT2D eigenvalue weighted by atomic mass is 35.5. The van der Waals surface area contributed by atoms with E-state index in [4.69, 9.17) is 20.8 Å². The Bertz CT molecular complexity index is 1200. The van der Waals surface area contributed by atoms with E-state index >= 15 is 0 Å². The molecule has 188 valence electrons. The summed E-state index contributed by atoms with van der Waals surface area (Å²) < 4.78 is 11.5. The van der Waals surface area contributed by atoms with Crippen LogP contribution in [0.5, 0.6) is 0 Å². The van der Waals surface area contributed by atoms with Gasteiger partial charge in [0, 0.05) is 18.5 Å². The maximum Gasteiger partial charge on any atom is 0.407 e. The molecule has 0 aliphatic heterocycles. The van der Waals surface area contributed by atoms with Crippen LogP contribution < -0.4 is 16.1 Å². The highest BCUT2D eigenvalue weighted by molar-refractivity contribution is 6.29. The number of benzene rings is 1. The molecule has 35 heavy (non-hydrogen) atoms. The minimum absolute atomic E-state index is 0.103. The fourth-order valence-electron chi connectivity index (χ4n) is 3.81. The van der Waals surface area contributed by atoms with E-state index in [1.165, 1.54) is 0 Å². The van der Waals surface area contributed by atoms with E-state index < -0.39 is 11.7 Å². The van der Waals surface area contributed by atoms with Gasteiger partial charge in [-0.2, -0.15) is 0 Å². The zero-order valence-electron chi connectivity index (χ0n) is 21.0. The van der Waals surface area contributed by atoms with Crippen molar-refractivity contribution in [2.24, 2.45) is 5.92 Å². The lowest BCUT2D eigenvalue weighted by Gasteiger charge is -2.24. The van der Waals surface area contributed by atoms with Gasteiger partial charge in [0.25, 0.3) is 0 Å². The van der Waals surface area contributed by atoms with Gasteiger partial charge in [-0.25, -0.2) is 9.78 Å². The lowest BCUT2D eigenvalue weighted by atomic mass is 9.94. The second kappa shape index (κ2) is 11.7. The van der Waals surface area contributed by atoms with E-state index in [0.29, 0.717) is 42.6 Å². The van der Waals surface area contributed by atoms with E-state index in [9.17, 15) is 9.59 Å². The second-order valence-corrected chi connectivity index (χ2v) is 10.3. The fraction of sp³-hybridized carbons (Fsp3) is 0.444. The summed E-state index contributed by atoms with van der Waals surface area (Å²) >= 11 is 6.09. The third-order valence-electron chi connectivity index (χ3n) is 5.41. The van der Waals surface area contributed by atoms with Crippen LogP contribution in [-0.2, 0) is 11.2 Å². The molecule has 2 N–H and O–H groups in total. The average molecular weight is 500 g/mol. The SMILES string of the molecule is CC(C)C(NCCCNC(=O)OC(C)(C)C)c1oc2nc(Cl)ccc2c(=O)c1Cc1ccccc1. The van der Waals surface area contributed by atoms with E-state index in [0.717, 1.165) is 5.56 Å². The number of carbonyl (C=O) groups excluding carboxylic acids is 1. The molecular formula is C27H34ClN3O4. The molecule has 0 saturated carbocycles. The Kier molecular flexibility index (Phi) is 8.92. The molecule has 0 radical (unpaired) electrons. The molecule has 3 aromatic rings. The molecule has 1 amide bonds. The summed E-state index contributed by atoms with van der Waals surface area (Å²) in [6.07, 6.45) is 0.687. The maximum absolute atomic E-state index is 13.5. The number of carbonyl (C=O) groups is 1. The minimum Gasteiger partial charge on any atom is -0.444 e. The third kappa shape index (κ3) is 7.54. The molecular weight excluding hydrogens is 466 g/mol. The molecule has 0 aliphatic carbocycles. The molecule has 0 bridgehead atoms. The van der Waals surface area contributed by atoms with E-state index in [1.54, 1.807) is 12.1 Å². The average Bonchev–Trinajstić information content (AvgIpc) is 2.77. The topological polar surface area (TPSA) is 93.5 Å². The predicted molar refractivity (Wildman–Crippen MR) is 139 cm³/mol. The van der Waals surface area contributed by atoms with Crippen molar-refractivity contribution in [2.75, 3.05) is 13.1 Å². The van der Waals surface area contributed by atoms with E-state index in [2.05, 4.69) is 29.5 Å². The van der Waals surface area contributed by atoms with Crippen LogP contribution in [0.15, 0.2) is 51.7 Å². The number of ether oxygens (including phenoxy) is 1. The summed E-state index contributed by atoms with van der Waals surface area (Å²) in [5.41, 5.74) is 1.21. The van der Waals surface area contributed by atoms with Gasteiger partial charge in [-0.3, -0.25) is 4.79 Å². The number of halogens is 1. The van der Waals surface area contributed by atoms with Crippen molar-refractivity contribution in [3.05, 3.63) is 74.7 Å². The van der Waals surface area contributed by atoms with Crippen LogP contribution in [0.2, 0.25) is 5.15 Å². The molecule has 0 fully saturated rings. The first-order chi connectivity index (χ1) is 16.5.